The van der Waals surface area contributed by atoms with Crippen molar-refractivity contribution in [3.8, 4) is 6.07 Å². The van der Waals surface area contributed by atoms with Crippen LogP contribution in [0.25, 0.3) is 0 Å². The van der Waals surface area contributed by atoms with Crippen LogP contribution >= 0.6 is 0 Å². The smallest absolute Gasteiger partial charge is 0.123 e. The normalized spacial score (nSPS) is 17.2. The summed E-state index contributed by atoms with van der Waals surface area (Å²) in [5.41, 5.74) is 1.54. The van der Waals surface area contributed by atoms with E-state index in [9.17, 15) is 4.39 Å². The van der Waals surface area contributed by atoms with Gasteiger partial charge in [0.05, 0.1) is 11.6 Å². The lowest BCUT2D eigenvalue weighted by molar-refractivity contribution is 0.175. The molecule has 0 saturated heterocycles. The zero-order chi connectivity index (χ0) is 12.3. The molecule has 1 aromatic rings. The van der Waals surface area contributed by atoms with Gasteiger partial charge in [0.1, 0.15) is 5.82 Å². The largest absolute Gasteiger partial charge is 0.307 e. The van der Waals surface area contributed by atoms with Crippen molar-refractivity contribution < 1.29 is 4.39 Å². The predicted octanol–water partition coefficient (Wildman–Crippen LogP) is 3.12. The van der Waals surface area contributed by atoms with E-state index in [0.717, 1.165) is 12.0 Å². The standard InChI is InChI=1S/C14H17FN2/c1-2-14(6-3-7-14)17-10-12-8-13(15)5-4-11(12)9-16/h4-5,8,17H,2-3,6-7,10H2,1H3. The molecule has 0 unspecified atom stereocenters. The van der Waals surface area contributed by atoms with Crippen molar-refractivity contribution in [1.82, 2.24) is 5.32 Å². The van der Waals surface area contributed by atoms with Gasteiger partial charge in [0.2, 0.25) is 0 Å². The second-order valence-corrected chi connectivity index (χ2v) is 4.75. The molecule has 0 atom stereocenters. The van der Waals surface area contributed by atoms with Gasteiger partial charge in [-0.15, -0.1) is 0 Å². The summed E-state index contributed by atoms with van der Waals surface area (Å²) >= 11 is 0. The summed E-state index contributed by atoms with van der Waals surface area (Å²) in [5, 5.41) is 12.4. The average Bonchev–Trinajstić information content (AvgIpc) is 2.28. The first kappa shape index (κ1) is 12.1. The number of hydrogen-bond donors (Lipinski definition) is 1. The van der Waals surface area contributed by atoms with Crippen molar-refractivity contribution in [2.24, 2.45) is 0 Å². The molecule has 0 spiro atoms. The molecule has 0 amide bonds. The van der Waals surface area contributed by atoms with Crippen LogP contribution in [0.3, 0.4) is 0 Å². The Morgan fingerprint density at radius 3 is 2.76 bits per heavy atom. The summed E-state index contributed by atoms with van der Waals surface area (Å²) in [6.45, 7) is 2.75. The molecule has 1 aliphatic rings. The Morgan fingerprint density at radius 2 is 2.24 bits per heavy atom. The summed E-state index contributed by atoms with van der Waals surface area (Å²) in [4.78, 5) is 0. The predicted molar refractivity (Wildman–Crippen MR) is 64.8 cm³/mol. The Kier molecular flexibility index (Phi) is 3.44. The molecule has 0 bridgehead atoms. The maximum absolute atomic E-state index is 13.1. The van der Waals surface area contributed by atoms with Crippen LogP contribution in [0.1, 0.15) is 43.7 Å². The van der Waals surface area contributed by atoms with Gasteiger partial charge in [-0.25, -0.2) is 4.39 Å². The SMILES string of the molecule is CCC1(NCc2cc(F)ccc2C#N)CCC1. The first-order chi connectivity index (χ1) is 8.19. The Bertz CT molecular complexity index is 439. The molecule has 17 heavy (non-hydrogen) atoms. The minimum Gasteiger partial charge on any atom is -0.307 e. The second kappa shape index (κ2) is 4.85. The molecule has 1 N–H and O–H groups in total. The molecule has 1 saturated carbocycles. The Morgan fingerprint density at radius 1 is 1.47 bits per heavy atom. The van der Waals surface area contributed by atoms with Gasteiger partial charge in [-0.3, -0.25) is 0 Å². The van der Waals surface area contributed by atoms with Crippen molar-refractivity contribution in [2.75, 3.05) is 0 Å². The van der Waals surface area contributed by atoms with Crippen molar-refractivity contribution in [3.05, 3.63) is 35.1 Å². The van der Waals surface area contributed by atoms with Crippen LogP contribution in [0.5, 0.6) is 0 Å². The number of hydrogen-bond acceptors (Lipinski definition) is 2. The average molecular weight is 232 g/mol. The van der Waals surface area contributed by atoms with Gasteiger partial charge in [-0.1, -0.05) is 6.92 Å². The monoisotopic (exact) mass is 232 g/mol. The lowest BCUT2D eigenvalue weighted by atomic mass is 9.75. The fraction of sp³-hybridized carbons (Fsp3) is 0.500. The molecule has 1 aromatic carbocycles. The minimum atomic E-state index is -0.278. The van der Waals surface area contributed by atoms with Crippen LogP contribution in [0.4, 0.5) is 4.39 Å². The van der Waals surface area contributed by atoms with Crippen molar-refractivity contribution in [1.29, 1.82) is 5.26 Å². The number of nitriles is 1. The molecule has 1 aliphatic carbocycles. The highest BCUT2D eigenvalue weighted by molar-refractivity contribution is 5.37. The number of nitrogens with zero attached hydrogens (tertiary/aromatic N) is 1. The van der Waals surface area contributed by atoms with E-state index in [-0.39, 0.29) is 11.4 Å². The molecule has 0 radical (unpaired) electrons. The summed E-state index contributed by atoms with van der Waals surface area (Å²) in [5.74, 6) is -0.278. The van der Waals surface area contributed by atoms with E-state index < -0.39 is 0 Å². The third-order valence-electron chi connectivity index (χ3n) is 3.83. The van der Waals surface area contributed by atoms with Gasteiger partial charge in [0.25, 0.3) is 0 Å². The molecule has 3 heteroatoms. The quantitative estimate of drug-likeness (QED) is 0.865. The fourth-order valence-corrected chi connectivity index (χ4v) is 2.36. The van der Waals surface area contributed by atoms with E-state index >= 15 is 0 Å². The van der Waals surface area contributed by atoms with Gasteiger partial charge in [-0.05, 0) is 49.4 Å². The topological polar surface area (TPSA) is 35.8 Å². The number of halogens is 1. The molecule has 0 aliphatic heterocycles. The third kappa shape index (κ3) is 2.48. The van der Waals surface area contributed by atoms with Crippen LogP contribution in [0.2, 0.25) is 0 Å². The summed E-state index contributed by atoms with van der Waals surface area (Å²) in [6, 6.07) is 6.44. The lowest BCUT2D eigenvalue weighted by Crippen LogP contribution is -2.49. The highest BCUT2D eigenvalue weighted by Gasteiger charge is 2.34. The maximum Gasteiger partial charge on any atom is 0.123 e. The van der Waals surface area contributed by atoms with Gasteiger partial charge in [0, 0.05) is 12.1 Å². The number of nitrogens with one attached hydrogen (secondary N) is 1. The van der Waals surface area contributed by atoms with Gasteiger partial charge >= 0.3 is 0 Å². The van der Waals surface area contributed by atoms with Crippen LogP contribution < -0.4 is 5.32 Å². The zero-order valence-corrected chi connectivity index (χ0v) is 10.1. The van der Waals surface area contributed by atoms with Crippen LogP contribution in [0.15, 0.2) is 18.2 Å². The zero-order valence-electron chi connectivity index (χ0n) is 10.1. The first-order valence-electron chi connectivity index (χ1n) is 6.13. The molecule has 1 fully saturated rings. The minimum absolute atomic E-state index is 0.221. The van der Waals surface area contributed by atoms with Crippen molar-refractivity contribution >= 4 is 0 Å². The van der Waals surface area contributed by atoms with Crippen molar-refractivity contribution in [3.63, 3.8) is 0 Å². The Hall–Kier alpha value is -1.40. The maximum atomic E-state index is 13.1. The number of benzene rings is 1. The highest BCUT2D eigenvalue weighted by atomic mass is 19.1. The summed E-state index contributed by atoms with van der Waals surface area (Å²) < 4.78 is 13.1. The molecular formula is C14H17FN2. The summed E-state index contributed by atoms with van der Waals surface area (Å²) in [7, 11) is 0. The van der Waals surface area contributed by atoms with Crippen LogP contribution in [-0.2, 0) is 6.54 Å². The highest BCUT2D eigenvalue weighted by Crippen LogP contribution is 2.34. The first-order valence-corrected chi connectivity index (χ1v) is 6.13. The van der Waals surface area contributed by atoms with Crippen LogP contribution in [0, 0.1) is 17.1 Å². The van der Waals surface area contributed by atoms with E-state index in [1.165, 1.54) is 31.4 Å². The number of rotatable bonds is 4. The molecular weight excluding hydrogens is 215 g/mol. The van der Waals surface area contributed by atoms with E-state index in [2.05, 4.69) is 18.3 Å². The second-order valence-electron chi connectivity index (χ2n) is 4.75. The third-order valence-corrected chi connectivity index (χ3v) is 3.83. The van der Waals surface area contributed by atoms with Gasteiger partial charge < -0.3 is 5.32 Å². The van der Waals surface area contributed by atoms with Crippen molar-refractivity contribution in [2.45, 2.75) is 44.7 Å². The van der Waals surface area contributed by atoms with Gasteiger partial charge in [0.15, 0.2) is 0 Å². The Balaban J connectivity index is 2.08. The molecule has 0 aromatic heterocycles. The fourth-order valence-electron chi connectivity index (χ4n) is 2.36. The van der Waals surface area contributed by atoms with Gasteiger partial charge in [-0.2, -0.15) is 5.26 Å². The molecule has 2 nitrogen and oxygen atoms in total. The lowest BCUT2D eigenvalue weighted by Gasteiger charge is -2.42. The molecule has 90 valence electrons. The van der Waals surface area contributed by atoms with E-state index in [0.29, 0.717) is 12.1 Å². The summed E-state index contributed by atoms with van der Waals surface area (Å²) in [6.07, 6.45) is 4.71. The molecule has 2 rings (SSSR count). The van der Waals surface area contributed by atoms with E-state index in [1.807, 2.05) is 0 Å². The van der Waals surface area contributed by atoms with Crippen LogP contribution in [-0.4, -0.2) is 5.54 Å². The molecule has 0 heterocycles. The van der Waals surface area contributed by atoms with E-state index in [4.69, 9.17) is 5.26 Å². The van der Waals surface area contributed by atoms with E-state index in [1.54, 1.807) is 6.07 Å². The Labute approximate surface area is 101 Å².